The number of aromatic nitrogens is 2. The first-order valence-corrected chi connectivity index (χ1v) is 8.63. The number of anilines is 1. The molecule has 0 atom stereocenters. The van der Waals surface area contributed by atoms with Gasteiger partial charge in [0.1, 0.15) is 5.65 Å². The summed E-state index contributed by atoms with van der Waals surface area (Å²) in [6.45, 7) is 3.44. The SMILES string of the molecule is C=CC(=O)Nc1cnc2c(c1)c(CCC1CCC(F)(F)CC1)cn2C. The molecule has 3 rings (SSSR count). The van der Waals surface area contributed by atoms with Gasteiger partial charge in [0.15, 0.2) is 0 Å². The van der Waals surface area contributed by atoms with Crippen molar-refractivity contribution in [3.63, 3.8) is 0 Å². The van der Waals surface area contributed by atoms with Crippen LogP contribution in [0.25, 0.3) is 11.0 Å². The van der Waals surface area contributed by atoms with Crippen LogP contribution in [0, 0.1) is 5.92 Å². The van der Waals surface area contributed by atoms with Crippen LogP contribution in [-0.4, -0.2) is 21.4 Å². The van der Waals surface area contributed by atoms with Crippen LogP contribution in [0.1, 0.15) is 37.7 Å². The average molecular weight is 347 g/mol. The van der Waals surface area contributed by atoms with E-state index in [2.05, 4.69) is 16.9 Å². The van der Waals surface area contributed by atoms with Crippen molar-refractivity contribution in [3.8, 4) is 0 Å². The van der Waals surface area contributed by atoms with Gasteiger partial charge >= 0.3 is 0 Å². The Morgan fingerprint density at radius 2 is 2.20 bits per heavy atom. The van der Waals surface area contributed by atoms with Crippen molar-refractivity contribution in [2.24, 2.45) is 13.0 Å². The maximum Gasteiger partial charge on any atom is 0.248 e. The Morgan fingerprint density at radius 1 is 1.48 bits per heavy atom. The highest BCUT2D eigenvalue weighted by Crippen LogP contribution is 2.38. The highest BCUT2D eigenvalue weighted by atomic mass is 19.3. The summed E-state index contributed by atoms with van der Waals surface area (Å²) < 4.78 is 28.5. The second kappa shape index (κ2) is 6.94. The van der Waals surface area contributed by atoms with E-state index >= 15 is 0 Å². The molecular formula is C19H23F2N3O. The lowest BCUT2D eigenvalue weighted by Gasteiger charge is -2.28. The number of carbonyl (C=O) groups is 1. The van der Waals surface area contributed by atoms with Crippen LogP contribution in [0.2, 0.25) is 0 Å². The smallest absolute Gasteiger partial charge is 0.248 e. The highest BCUT2D eigenvalue weighted by Gasteiger charge is 2.34. The molecule has 0 spiro atoms. The van der Waals surface area contributed by atoms with E-state index < -0.39 is 5.92 Å². The standard InChI is InChI=1S/C19H23F2N3O/c1-3-17(25)23-15-10-16-14(12-24(2)18(16)22-11-15)5-4-13-6-8-19(20,21)9-7-13/h3,10-13H,1,4-9H2,2H3,(H,23,25). The van der Waals surface area contributed by atoms with Gasteiger partial charge in [0.2, 0.25) is 11.8 Å². The summed E-state index contributed by atoms with van der Waals surface area (Å²) in [6.07, 6.45) is 7.80. The molecular weight excluding hydrogens is 324 g/mol. The fourth-order valence-electron chi connectivity index (χ4n) is 3.55. The topological polar surface area (TPSA) is 46.9 Å². The van der Waals surface area contributed by atoms with Gasteiger partial charge in [-0.05, 0) is 49.3 Å². The highest BCUT2D eigenvalue weighted by molar-refractivity contribution is 6.00. The summed E-state index contributed by atoms with van der Waals surface area (Å²) in [6, 6.07) is 1.91. The van der Waals surface area contributed by atoms with E-state index in [1.807, 2.05) is 23.9 Å². The van der Waals surface area contributed by atoms with Crippen LogP contribution in [0.4, 0.5) is 14.5 Å². The summed E-state index contributed by atoms with van der Waals surface area (Å²) in [5.41, 5.74) is 2.61. The van der Waals surface area contributed by atoms with E-state index in [1.54, 1.807) is 6.20 Å². The van der Waals surface area contributed by atoms with Crippen molar-refractivity contribution < 1.29 is 13.6 Å². The van der Waals surface area contributed by atoms with E-state index in [0.29, 0.717) is 24.4 Å². The Morgan fingerprint density at radius 3 is 2.88 bits per heavy atom. The fourth-order valence-corrected chi connectivity index (χ4v) is 3.55. The molecule has 1 fully saturated rings. The molecule has 6 heteroatoms. The molecule has 0 bridgehead atoms. The molecule has 1 aliphatic carbocycles. The third kappa shape index (κ3) is 4.06. The Kier molecular flexibility index (Phi) is 4.88. The molecule has 0 radical (unpaired) electrons. The van der Waals surface area contributed by atoms with Gasteiger partial charge in [0, 0.05) is 31.5 Å². The molecule has 0 aromatic carbocycles. The van der Waals surface area contributed by atoms with Crippen molar-refractivity contribution in [2.45, 2.75) is 44.4 Å². The molecule has 1 amide bonds. The summed E-state index contributed by atoms with van der Waals surface area (Å²) in [7, 11) is 1.93. The molecule has 0 unspecified atom stereocenters. The lowest BCUT2D eigenvalue weighted by Crippen LogP contribution is -2.24. The molecule has 2 heterocycles. The molecule has 2 aromatic rings. The summed E-state index contributed by atoms with van der Waals surface area (Å²) >= 11 is 0. The van der Waals surface area contributed by atoms with Gasteiger partial charge in [0.05, 0.1) is 11.9 Å². The van der Waals surface area contributed by atoms with Gasteiger partial charge in [-0.25, -0.2) is 13.8 Å². The molecule has 4 nitrogen and oxygen atoms in total. The van der Waals surface area contributed by atoms with Gasteiger partial charge in [-0.1, -0.05) is 6.58 Å². The number of carbonyl (C=O) groups excluding carboxylic acids is 1. The normalized spacial score (nSPS) is 17.6. The maximum atomic E-state index is 13.3. The van der Waals surface area contributed by atoms with E-state index in [1.165, 1.54) is 6.08 Å². The van der Waals surface area contributed by atoms with Crippen molar-refractivity contribution >= 4 is 22.6 Å². The number of fused-ring (bicyclic) bond motifs is 1. The first-order chi connectivity index (χ1) is 11.9. The zero-order valence-corrected chi connectivity index (χ0v) is 14.4. The quantitative estimate of drug-likeness (QED) is 0.812. The molecule has 134 valence electrons. The molecule has 2 aromatic heterocycles. The first-order valence-electron chi connectivity index (χ1n) is 8.63. The minimum atomic E-state index is -2.47. The Hall–Kier alpha value is -2.24. The third-order valence-electron chi connectivity index (χ3n) is 5.01. The minimum Gasteiger partial charge on any atom is -0.335 e. The monoisotopic (exact) mass is 347 g/mol. The van der Waals surface area contributed by atoms with Crippen molar-refractivity contribution in [2.75, 3.05) is 5.32 Å². The summed E-state index contributed by atoms with van der Waals surface area (Å²) in [5.74, 6) is -2.40. The molecule has 25 heavy (non-hydrogen) atoms. The van der Waals surface area contributed by atoms with E-state index in [4.69, 9.17) is 0 Å². The molecule has 1 N–H and O–H groups in total. The Labute approximate surface area is 145 Å². The fraction of sp³-hybridized carbons (Fsp3) is 0.474. The number of rotatable bonds is 5. The zero-order valence-electron chi connectivity index (χ0n) is 14.4. The Bertz CT molecular complexity index is 787. The minimum absolute atomic E-state index is 0.00644. The van der Waals surface area contributed by atoms with E-state index in [-0.39, 0.29) is 18.7 Å². The molecule has 1 aliphatic rings. The number of aryl methyl sites for hydroxylation is 2. The van der Waals surface area contributed by atoms with E-state index in [9.17, 15) is 13.6 Å². The second-order valence-electron chi connectivity index (χ2n) is 6.89. The lowest BCUT2D eigenvalue weighted by atomic mass is 9.83. The van der Waals surface area contributed by atoms with Crippen molar-refractivity contribution in [1.29, 1.82) is 0 Å². The third-order valence-corrected chi connectivity index (χ3v) is 5.01. The largest absolute Gasteiger partial charge is 0.335 e. The van der Waals surface area contributed by atoms with Gasteiger partial charge < -0.3 is 9.88 Å². The van der Waals surface area contributed by atoms with Crippen LogP contribution >= 0.6 is 0 Å². The number of pyridine rings is 1. The predicted molar refractivity (Wildman–Crippen MR) is 94.8 cm³/mol. The van der Waals surface area contributed by atoms with Crippen LogP contribution < -0.4 is 5.32 Å². The van der Waals surface area contributed by atoms with Crippen molar-refractivity contribution in [3.05, 3.63) is 36.7 Å². The second-order valence-corrected chi connectivity index (χ2v) is 6.89. The molecule has 0 aliphatic heterocycles. The number of nitrogens with one attached hydrogen (secondary N) is 1. The first kappa shape index (κ1) is 17.6. The number of halogens is 2. The van der Waals surface area contributed by atoms with Crippen LogP contribution in [0.5, 0.6) is 0 Å². The Balaban J connectivity index is 1.73. The number of hydrogen-bond acceptors (Lipinski definition) is 2. The summed E-state index contributed by atoms with van der Waals surface area (Å²) in [4.78, 5) is 15.9. The number of amides is 1. The van der Waals surface area contributed by atoms with Gasteiger partial charge in [-0.3, -0.25) is 4.79 Å². The number of hydrogen-bond donors (Lipinski definition) is 1. The van der Waals surface area contributed by atoms with Gasteiger partial charge in [0.25, 0.3) is 0 Å². The van der Waals surface area contributed by atoms with Crippen molar-refractivity contribution in [1.82, 2.24) is 9.55 Å². The maximum absolute atomic E-state index is 13.3. The van der Waals surface area contributed by atoms with Crippen LogP contribution in [0.3, 0.4) is 0 Å². The van der Waals surface area contributed by atoms with E-state index in [0.717, 1.165) is 29.4 Å². The molecule has 1 saturated carbocycles. The number of alkyl halides is 2. The van der Waals surface area contributed by atoms with Crippen LogP contribution in [-0.2, 0) is 18.3 Å². The van der Waals surface area contributed by atoms with Gasteiger partial charge in [-0.2, -0.15) is 0 Å². The predicted octanol–water partition coefficient (Wildman–Crippen LogP) is 4.46. The summed E-state index contributed by atoms with van der Waals surface area (Å²) in [5, 5.41) is 3.71. The van der Waals surface area contributed by atoms with Crippen LogP contribution in [0.15, 0.2) is 31.1 Å². The number of nitrogens with zero attached hydrogens (tertiary/aromatic N) is 2. The average Bonchev–Trinajstić information content (AvgIpc) is 2.89. The zero-order chi connectivity index (χ0) is 18.0. The molecule has 0 saturated heterocycles. The lowest BCUT2D eigenvalue weighted by molar-refractivity contribution is -0.111. The van der Waals surface area contributed by atoms with Gasteiger partial charge in [-0.15, -0.1) is 0 Å².